The van der Waals surface area contributed by atoms with Crippen LogP contribution in [0.25, 0.3) is 0 Å². The molecule has 102 valence electrons. The third kappa shape index (κ3) is 2.51. The molecule has 4 nitrogen and oxygen atoms in total. The number of carbonyl (C=O) groups excluding carboxylic acids is 1. The molecule has 0 aromatic rings. The normalized spacial score (nSPS) is 20.6. The minimum absolute atomic E-state index is 0.0103. The summed E-state index contributed by atoms with van der Waals surface area (Å²) in [5.41, 5.74) is -0.845. The lowest BCUT2D eigenvalue weighted by molar-refractivity contribution is -0.144. The zero-order valence-electron chi connectivity index (χ0n) is 12.3. The van der Waals surface area contributed by atoms with E-state index in [1.54, 1.807) is 0 Å². The summed E-state index contributed by atoms with van der Waals surface area (Å²) in [6.45, 7) is 10.4. The molecule has 0 spiro atoms. The van der Waals surface area contributed by atoms with Crippen molar-refractivity contribution in [3.05, 3.63) is 0 Å². The van der Waals surface area contributed by atoms with Crippen molar-refractivity contribution in [2.24, 2.45) is 5.41 Å². The Morgan fingerprint density at radius 2 is 1.89 bits per heavy atom. The van der Waals surface area contributed by atoms with E-state index in [4.69, 9.17) is 0 Å². The van der Waals surface area contributed by atoms with Crippen molar-refractivity contribution in [3.63, 3.8) is 0 Å². The summed E-state index contributed by atoms with van der Waals surface area (Å²) in [5.74, 6) is 0.0103. The van der Waals surface area contributed by atoms with Gasteiger partial charge in [0.05, 0.1) is 6.07 Å². The summed E-state index contributed by atoms with van der Waals surface area (Å²) in [4.78, 5) is 16.7. The maximum atomic E-state index is 12.6. The second-order valence-corrected chi connectivity index (χ2v) is 5.86. The second kappa shape index (κ2) is 5.27. The van der Waals surface area contributed by atoms with Gasteiger partial charge in [-0.05, 0) is 33.7 Å². The Kier molecular flexibility index (Phi) is 4.39. The number of likely N-dealkylation sites (N-methyl/N-ethyl adjacent to an activating group) is 1. The molecule has 1 rings (SSSR count). The number of piperazine rings is 1. The highest BCUT2D eigenvalue weighted by Crippen LogP contribution is 2.30. The Morgan fingerprint density at radius 1 is 1.33 bits per heavy atom. The van der Waals surface area contributed by atoms with E-state index in [-0.39, 0.29) is 11.4 Å². The number of amides is 1. The number of hydrogen-bond acceptors (Lipinski definition) is 3. The van der Waals surface area contributed by atoms with Gasteiger partial charge >= 0.3 is 0 Å². The molecule has 0 aromatic heterocycles. The average Bonchev–Trinajstić information content (AvgIpc) is 2.35. The van der Waals surface area contributed by atoms with Crippen LogP contribution in [0.2, 0.25) is 0 Å². The first-order valence-corrected chi connectivity index (χ1v) is 6.75. The molecule has 0 radical (unpaired) electrons. The summed E-state index contributed by atoms with van der Waals surface area (Å²) in [5, 5.41) is 9.35. The van der Waals surface area contributed by atoms with Gasteiger partial charge in [-0.1, -0.05) is 13.8 Å². The number of nitriles is 1. The van der Waals surface area contributed by atoms with Crippen LogP contribution in [0.1, 0.15) is 40.5 Å². The van der Waals surface area contributed by atoms with E-state index in [9.17, 15) is 10.1 Å². The van der Waals surface area contributed by atoms with Gasteiger partial charge < -0.3 is 4.90 Å². The Balaban J connectivity index is 2.89. The predicted molar refractivity (Wildman–Crippen MR) is 71.9 cm³/mol. The van der Waals surface area contributed by atoms with Crippen LogP contribution in [-0.4, -0.2) is 47.9 Å². The largest absolute Gasteiger partial charge is 0.338 e. The highest BCUT2D eigenvalue weighted by atomic mass is 16.2. The van der Waals surface area contributed by atoms with Crippen LogP contribution >= 0.6 is 0 Å². The lowest BCUT2D eigenvalue weighted by Gasteiger charge is -2.46. The maximum absolute atomic E-state index is 12.6. The zero-order chi connectivity index (χ0) is 14.0. The van der Waals surface area contributed by atoms with E-state index in [2.05, 4.69) is 31.9 Å². The van der Waals surface area contributed by atoms with Gasteiger partial charge in [-0.25, -0.2) is 0 Å². The third-order valence-corrected chi connectivity index (χ3v) is 4.43. The van der Waals surface area contributed by atoms with Gasteiger partial charge in [0, 0.05) is 25.2 Å². The molecule has 1 fully saturated rings. The quantitative estimate of drug-likeness (QED) is 0.769. The van der Waals surface area contributed by atoms with Crippen LogP contribution in [0.5, 0.6) is 0 Å². The minimum atomic E-state index is -0.827. The molecule has 18 heavy (non-hydrogen) atoms. The van der Waals surface area contributed by atoms with Crippen molar-refractivity contribution >= 4 is 5.91 Å². The van der Waals surface area contributed by atoms with Crippen LogP contribution in [0.3, 0.4) is 0 Å². The maximum Gasteiger partial charge on any atom is 0.243 e. The molecule has 0 atom stereocenters. The smallest absolute Gasteiger partial charge is 0.243 e. The summed E-state index contributed by atoms with van der Waals surface area (Å²) < 4.78 is 0. The topological polar surface area (TPSA) is 47.3 Å². The van der Waals surface area contributed by atoms with Gasteiger partial charge in [0.2, 0.25) is 5.91 Å². The standard InChI is InChI=1S/C14H25N3O/c1-6-14(7-2,10-15)12(18)17-9-8-16(5)13(3,4)11-17/h6-9,11H2,1-5H3. The number of hydrogen-bond donors (Lipinski definition) is 0. The van der Waals surface area contributed by atoms with Crippen molar-refractivity contribution in [2.75, 3.05) is 26.7 Å². The van der Waals surface area contributed by atoms with E-state index in [1.165, 1.54) is 0 Å². The highest BCUT2D eigenvalue weighted by molar-refractivity contribution is 5.85. The van der Waals surface area contributed by atoms with Crippen LogP contribution < -0.4 is 0 Å². The Bertz CT molecular complexity index is 353. The Labute approximate surface area is 111 Å². The van der Waals surface area contributed by atoms with E-state index >= 15 is 0 Å². The monoisotopic (exact) mass is 251 g/mol. The number of rotatable bonds is 3. The van der Waals surface area contributed by atoms with Gasteiger partial charge in [0.25, 0.3) is 0 Å². The molecule has 1 aliphatic rings. The van der Waals surface area contributed by atoms with E-state index in [0.717, 1.165) is 13.1 Å². The van der Waals surface area contributed by atoms with Crippen molar-refractivity contribution in [3.8, 4) is 6.07 Å². The summed E-state index contributed by atoms with van der Waals surface area (Å²) in [7, 11) is 2.08. The fourth-order valence-electron chi connectivity index (χ4n) is 2.47. The Hall–Kier alpha value is -1.08. The fraction of sp³-hybridized carbons (Fsp3) is 0.857. The van der Waals surface area contributed by atoms with Crippen molar-refractivity contribution in [1.82, 2.24) is 9.80 Å². The van der Waals surface area contributed by atoms with Gasteiger partial charge in [-0.15, -0.1) is 0 Å². The SMILES string of the molecule is CCC(C#N)(CC)C(=O)N1CCN(C)C(C)(C)C1. The van der Waals surface area contributed by atoms with Gasteiger partial charge in [-0.2, -0.15) is 5.26 Å². The van der Waals surface area contributed by atoms with E-state index in [0.29, 0.717) is 19.4 Å². The van der Waals surface area contributed by atoms with Gasteiger partial charge in [0.1, 0.15) is 5.41 Å². The fourth-order valence-corrected chi connectivity index (χ4v) is 2.47. The second-order valence-electron chi connectivity index (χ2n) is 5.86. The van der Waals surface area contributed by atoms with Crippen LogP contribution in [-0.2, 0) is 4.79 Å². The minimum Gasteiger partial charge on any atom is -0.338 e. The molecule has 0 unspecified atom stereocenters. The molecular formula is C14H25N3O. The molecule has 0 bridgehead atoms. The van der Waals surface area contributed by atoms with Crippen LogP contribution in [0.15, 0.2) is 0 Å². The van der Waals surface area contributed by atoms with Crippen molar-refractivity contribution < 1.29 is 4.79 Å². The molecule has 0 aliphatic carbocycles. The first kappa shape index (κ1) is 15.0. The van der Waals surface area contributed by atoms with Crippen molar-refractivity contribution in [2.45, 2.75) is 46.1 Å². The molecule has 1 heterocycles. The first-order chi connectivity index (χ1) is 8.33. The molecule has 0 N–H and O–H groups in total. The first-order valence-electron chi connectivity index (χ1n) is 6.75. The molecule has 0 aromatic carbocycles. The van der Waals surface area contributed by atoms with Gasteiger partial charge in [-0.3, -0.25) is 9.69 Å². The molecule has 1 aliphatic heterocycles. The van der Waals surface area contributed by atoms with Crippen LogP contribution in [0, 0.1) is 16.7 Å². The molecular weight excluding hydrogens is 226 g/mol. The number of nitrogens with zero attached hydrogens (tertiary/aromatic N) is 3. The van der Waals surface area contributed by atoms with E-state index in [1.807, 2.05) is 18.7 Å². The summed E-state index contributed by atoms with van der Waals surface area (Å²) >= 11 is 0. The van der Waals surface area contributed by atoms with Gasteiger partial charge in [0.15, 0.2) is 0 Å². The average molecular weight is 251 g/mol. The molecule has 0 saturated carbocycles. The zero-order valence-corrected chi connectivity index (χ0v) is 12.3. The third-order valence-electron chi connectivity index (χ3n) is 4.43. The molecule has 1 saturated heterocycles. The summed E-state index contributed by atoms with van der Waals surface area (Å²) in [6.07, 6.45) is 1.18. The summed E-state index contributed by atoms with van der Waals surface area (Å²) in [6, 6.07) is 2.25. The number of carbonyl (C=O) groups is 1. The predicted octanol–water partition coefficient (Wildman–Crippen LogP) is 1.87. The van der Waals surface area contributed by atoms with Crippen LogP contribution in [0.4, 0.5) is 0 Å². The highest BCUT2D eigenvalue weighted by Gasteiger charge is 2.42. The molecule has 1 amide bonds. The lowest BCUT2D eigenvalue weighted by Crippen LogP contribution is -2.60. The van der Waals surface area contributed by atoms with Crippen molar-refractivity contribution in [1.29, 1.82) is 5.26 Å². The molecule has 4 heteroatoms. The van der Waals surface area contributed by atoms with E-state index < -0.39 is 5.41 Å². The lowest BCUT2D eigenvalue weighted by atomic mass is 9.81. The Morgan fingerprint density at radius 3 is 2.28 bits per heavy atom.